The van der Waals surface area contributed by atoms with Gasteiger partial charge in [0.1, 0.15) is 0 Å². The van der Waals surface area contributed by atoms with Crippen molar-refractivity contribution in [2.75, 3.05) is 19.6 Å². The molecule has 1 saturated carbocycles. The number of nitrogens with one attached hydrogen (secondary N) is 1. The summed E-state index contributed by atoms with van der Waals surface area (Å²) in [7, 11) is 0. The molecule has 2 aliphatic rings. The monoisotopic (exact) mass is 446 g/mol. The van der Waals surface area contributed by atoms with Gasteiger partial charge in [-0.25, -0.2) is 0 Å². The molecule has 0 unspecified atom stereocenters. The van der Waals surface area contributed by atoms with Crippen LogP contribution in [0.15, 0.2) is 36.7 Å². The van der Waals surface area contributed by atoms with Gasteiger partial charge in [0, 0.05) is 36.5 Å². The molecule has 1 aromatic heterocycles. The molecule has 1 N–H and O–H groups in total. The minimum atomic E-state index is -4.41. The molecule has 4 rings (SSSR count). The van der Waals surface area contributed by atoms with Crippen molar-refractivity contribution >= 4 is 5.91 Å². The zero-order valence-corrected chi connectivity index (χ0v) is 18.1. The molecule has 1 atom stereocenters. The zero-order chi connectivity index (χ0) is 22.6. The van der Waals surface area contributed by atoms with E-state index in [9.17, 15) is 18.0 Å². The minimum absolute atomic E-state index is 0.0180. The molecule has 0 radical (unpaired) electrons. The molecule has 2 fully saturated rings. The molecular weight excluding hydrogens is 417 g/mol. The van der Waals surface area contributed by atoms with E-state index in [1.54, 1.807) is 12.3 Å². The third-order valence-electron chi connectivity index (χ3n) is 6.42. The van der Waals surface area contributed by atoms with Crippen molar-refractivity contribution in [3.63, 3.8) is 0 Å². The van der Waals surface area contributed by atoms with Crippen molar-refractivity contribution in [2.24, 2.45) is 0 Å². The molecule has 2 heterocycles. The van der Waals surface area contributed by atoms with Gasteiger partial charge < -0.3 is 5.32 Å². The van der Waals surface area contributed by atoms with Crippen LogP contribution in [0.25, 0.3) is 11.3 Å². The second-order valence-corrected chi connectivity index (χ2v) is 8.85. The second-order valence-electron chi connectivity index (χ2n) is 8.85. The number of rotatable bonds is 5. The van der Waals surface area contributed by atoms with Crippen LogP contribution >= 0.6 is 0 Å². The molecule has 1 amide bonds. The van der Waals surface area contributed by atoms with E-state index in [0.717, 1.165) is 44.4 Å². The van der Waals surface area contributed by atoms with Gasteiger partial charge in [0.25, 0.3) is 0 Å². The fourth-order valence-corrected chi connectivity index (χ4v) is 4.86. The molecule has 32 heavy (non-hydrogen) atoms. The van der Waals surface area contributed by atoms with Gasteiger partial charge in [0.05, 0.1) is 23.5 Å². The van der Waals surface area contributed by atoms with Gasteiger partial charge in [-0.2, -0.15) is 13.2 Å². The summed E-state index contributed by atoms with van der Waals surface area (Å²) < 4.78 is 39.6. The van der Waals surface area contributed by atoms with Gasteiger partial charge in [0.15, 0.2) is 0 Å². The number of amides is 1. The molecule has 1 aliphatic carbocycles. The fourth-order valence-electron chi connectivity index (χ4n) is 4.86. The van der Waals surface area contributed by atoms with E-state index < -0.39 is 11.7 Å². The summed E-state index contributed by atoms with van der Waals surface area (Å²) in [6, 6.07) is 5.52. The number of carbonyl (C=O) groups excluding carboxylic acids is 1. The number of aromatic nitrogens is 2. The number of likely N-dealkylation sites (tertiary alicyclic amines) is 1. The highest BCUT2D eigenvalue weighted by Crippen LogP contribution is 2.35. The number of benzene rings is 1. The predicted octanol–water partition coefficient (Wildman–Crippen LogP) is 4.79. The predicted molar refractivity (Wildman–Crippen MR) is 116 cm³/mol. The normalized spacial score (nSPS) is 20.8. The lowest BCUT2D eigenvalue weighted by atomic mass is 9.91. The maximum Gasteiger partial charge on any atom is 0.416 e. The maximum atomic E-state index is 13.2. The second kappa shape index (κ2) is 9.98. The first-order valence-corrected chi connectivity index (χ1v) is 11.4. The quantitative estimate of drug-likeness (QED) is 0.718. The SMILES string of the molecule is O=C(CN1CCC[C@@H](c2nccnc2-c2cccc(C(F)(F)F)c2)C1)NC1CCCCC1. The average molecular weight is 447 g/mol. The van der Waals surface area contributed by atoms with Crippen LogP contribution in [0.4, 0.5) is 13.2 Å². The van der Waals surface area contributed by atoms with Gasteiger partial charge in [-0.1, -0.05) is 31.4 Å². The van der Waals surface area contributed by atoms with E-state index in [-0.39, 0.29) is 17.9 Å². The molecular formula is C24H29F3N4O. The summed E-state index contributed by atoms with van der Waals surface area (Å²) in [5, 5.41) is 3.16. The first-order chi connectivity index (χ1) is 15.4. The van der Waals surface area contributed by atoms with Gasteiger partial charge in [-0.05, 0) is 44.4 Å². The summed E-state index contributed by atoms with van der Waals surface area (Å²) in [4.78, 5) is 23.6. The van der Waals surface area contributed by atoms with Crippen LogP contribution in [0.2, 0.25) is 0 Å². The maximum absolute atomic E-state index is 13.2. The summed E-state index contributed by atoms with van der Waals surface area (Å²) in [5.41, 5.74) is 0.896. The number of alkyl halides is 3. The van der Waals surface area contributed by atoms with Gasteiger partial charge in [-0.3, -0.25) is 19.7 Å². The minimum Gasteiger partial charge on any atom is -0.352 e. The van der Waals surface area contributed by atoms with Crippen molar-refractivity contribution in [1.29, 1.82) is 0 Å². The lowest BCUT2D eigenvalue weighted by Crippen LogP contribution is -2.45. The topological polar surface area (TPSA) is 58.1 Å². The molecule has 1 saturated heterocycles. The van der Waals surface area contributed by atoms with Crippen LogP contribution in [-0.2, 0) is 11.0 Å². The van der Waals surface area contributed by atoms with Crippen LogP contribution in [0, 0.1) is 0 Å². The zero-order valence-electron chi connectivity index (χ0n) is 18.1. The Morgan fingerprint density at radius 1 is 1.06 bits per heavy atom. The molecule has 0 spiro atoms. The van der Waals surface area contributed by atoms with E-state index in [1.807, 2.05) is 0 Å². The number of nitrogens with zero attached hydrogens (tertiary/aromatic N) is 3. The molecule has 0 bridgehead atoms. The van der Waals surface area contributed by atoms with Crippen LogP contribution in [-0.4, -0.2) is 46.5 Å². The molecule has 1 aliphatic heterocycles. The van der Waals surface area contributed by atoms with Crippen molar-refractivity contribution in [2.45, 2.75) is 63.1 Å². The highest BCUT2D eigenvalue weighted by atomic mass is 19.4. The molecule has 172 valence electrons. The Kier molecular flexibility index (Phi) is 7.08. The number of carbonyl (C=O) groups is 1. The van der Waals surface area contributed by atoms with Crippen molar-refractivity contribution in [3.05, 3.63) is 47.9 Å². The standard InChI is InChI=1S/C24H29F3N4O/c25-24(26,27)19-8-4-6-17(14-19)22-23(29-12-11-28-22)18-7-5-13-31(15-18)16-21(32)30-20-9-2-1-3-10-20/h4,6,8,11-12,14,18,20H,1-3,5,7,9-10,13,15-16H2,(H,30,32)/t18-/m1/s1. The number of halogens is 3. The Morgan fingerprint density at radius 3 is 2.62 bits per heavy atom. The first kappa shape index (κ1) is 22.7. The molecule has 5 nitrogen and oxygen atoms in total. The van der Waals surface area contributed by atoms with Crippen molar-refractivity contribution in [1.82, 2.24) is 20.2 Å². The van der Waals surface area contributed by atoms with E-state index in [2.05, 4.69) is 20.2 Å². The molecule has 2 aromatic rings. The number of hydrogen-bond acceptors (Lipinski definition) is 4. The highest BCUT2D eigenvalue weighted by molar-refractivity contribution is 5.78. The van der Waals surface area contributed by atoms with Crippen molar-refractivity contribution < 1.29 is 18.0 Å². The number of piperidine rings is 1. The Hall–Kier alpha value is -2.48. The molecule has 1 aromatic carbocycles. The van der Waals surface area contributed by atoms with E-state index in [1.165, 1.54) is 31.5 Å². The van der Waals surface area contributed by atoms with E-state index >= 15 is 0 Å². The lowest BCUT2D eigenvalue weighted by molar-refractivity contribution is -0.137. The lowest BCUT2D eigenvalue weighted by Gasteiger charge is -2.33. The Labute approximate surface area is 186 Å². The average Bonchev–Trinajstić information content (AvgIpc) is 2.79. The molecule has 8 heteroatoms. The summed E-state index contributed by atoms with van der Waals surface area (Å²) >= 11 is 0. The summed E-state index contributed by atoms with van der Waals surface area (Å²) in [6.45, 7) is 1.81. The van der Waals surface area contributed by atoms with Crippen LogP contribution in [0.3, 0.4) is 0 Å². The number of hydrogen-bond donors (Lipinski definition) is 1. The van der Waals surface area contributed by atoms with Gasteiger partial charge in [-0.15, -0.1) is 0 Å². The highest BCUT2D eigenvalue weighted by Gasteiger charge is 2.32. The van der Waals surface area contributed by atoms with E-state index in [4.69, 9.17) is 0 Å². The van der Waals surface area contributed by atoms with Crippen LogP contribution in [0.1, 0.15) is 62.1 Å². The third-order valence-corrected chi connectivity index (χ3v) is 6.42. The van der Waals surface area contributed by atoms with Crippen LogP contribution < -0.4 is 5.32 Å². The van der Waals surface area contributed by atoms with Gasteiger partial charge in [0.2, 0.25) is 5.91 Å². The largest absolute Gasteiger partial charge is 0.416 e. The Bertz CT molecular complexity index is 927. The van der Waals surface area contributed by atoms with Gasteiger partial charge >= 0.3 is 6.18 Å². The van der Waals surface area contributed by atoms with E-state index in [0.29, 0.717) is 30.0 Å². The Balaban J connectivity index is 1.47. The fraction of sp³-hybridized carbons (Fsp3) is 0.542. The first-order valence-electron chi connectivity index (χ1n) is 11.4. The summed E-state index contributed by atoms with van der Waals surface area (Å²) in [6.07, 6.45) is 6.13. The summed E-state index contributed by atoms with van der Waals surface area (Å²) in [5.74, 6) is 0.0688. The smallest absolute Gasteiger partial charge is 0.352 e. The van der Waals surface area contributed by atoms with Crippen molar-refractivity contribution in [3.8, 4) is 11.3 Å². The third kappa shape index (κ3) is 5.65. The Morgan fingerprint density at radius 2 is 1.84 bits per heavy atom. The van der Waals surface area contributed by atoms with Crippen LogP contribution in [0.5, 0.6) is 0 Å².